The van der Waals surface area contributed by atoms with E-state index >= 15 is 0 Å². The minimum Gasteiger partial charge on any atom is -0.355 e. The normalized spacial score (nSPS) is 11.0. The summed E-state index contributed by atoms with van der Waals surface area (Å²) in [4.78, 5) is 16.7. The Morgan fingerprint density at radius 2 is 2.12 bits per heavy atom. The number of imidazole rings is 1. The van der Waals surface area contributed by atoms with Gasteiger partial charge in [-0.1, -0.05) is 35.0 Å². The fraction of sp³-hybridized carbons (Fsp3) is 0.105. The van der Waals surface area contributed by atoms with Gasteiger partial charge in [-0.15, -0.1) is 0 Å². The molecule has 4 rings (SSSR count). The zero-order valence-corrected chi connectivity index (χ0v) is 14.5. The number of pyridine rings is 1. The Morgan fingerprint density at radius 1 is 1.19 bits per heavy atom. The van der Waals surface area contributed by atoms with Crippen molar-refractivity contribution in [3.8, 4) is 11.3 Å². The molecule has 0 saturated carbocycles. The summed E-state index contributed by atoms with van der Waals surface area (Å²) >= 11 is 5.97. The maximum Gasteiger partial charge on any atom is 0.273 e. The maximum atomic E-state index is 12.2. The Labute approximate surface area is 154 Å². The number of rotatable bonds is 5. The fourth-order valence-electron chi connectivity index (χ4n) is 2.66. The van der Waals surface area contributed by atoms with Gasteiger partial charge in [0.1, 0.15) is 5.65 Å². The van der Waals surface area contributed by atoms with Crippen LogP contribution in [0.15, 0.2) is 65.4 Å². The van der Waals surface area contributed by atoms with Crippen molar-refractivity contribution in [3.05, 3.63) is 77.3 Å². The number of hydrogen-bond acceptors (Lipinski definition) is 4. The monoisotopic (exact) mass is 366 g/mol. The number of halogens is 1. The van der Waals surface area contributed by atoms with E-state index in [4.69, 9.17) is 16.1 Å². The zero-order chi connectivity index (χ0) is 17.9. The molecule has 0 aliphatic rings. The van der Waals surface area contributed by atoms with Gasteiger partial charge in [0, 0.05) is 42.0 Å². The van der Waals surface area contributed by atoms with Crippen LogP contribution in [0, 0.1) is 0 Å². The van der Waals surface area contributed by atoms with Crippen molar-refractivity contribution in [1.82, 2.24) is 19.9 Å². The maximum absolute atomic E-state index is 12.2. The topological polar surface area (TPSA) is 72.4 Å². The molecule has 1 aromatic carbocycles. The number of fused-ring (bicyclic) bond motifs is 1. The van der Waals surface area contributed by atoms with Crippen LogP contribution in [0.3, 0.4) is 0 Å². The predicted molar refractivity (Wildman–Crippen MR) is 98.2 cm³/mol. The molecule has 4 aromatic rings. The molecule has 0 atom stereocenters. The lowest BCUT2D eigenvalue weighted by atomic mass is 10.1. The molecule has 7 heteroatoms. The van der Waals surface area contributed by atoms with Crippen LogP contribution in [-0.2, 0) is 6.42 Å². The third-order valence-electron chi connectivity index (χ3n) is 3.93. The number of nitrogens with one attached hydrogen (secondary N) is 1. The number of nitrogens with zero attached hydrogens (tertiary/aromatic N) is 3. The average molecular weight is 367 g/mol. The molecule has 6 nitrogen and oxygen atoms in total. The molecular weight excluding hydrogens is 352 g/mol. The van der Waals surface area contributed by atoms with Gasteiger partial charge in [0.05, 0.1) is 5.69 Å². The number of carbonyl (C=O) groups excluding carboxylic acids is 1. The summed E-state index contributed by atoms with van der Waals surface area (Å²) in [5.74, 6) is 0.212. The first-order chi connectivity index (χ1) is 12.7. The van der Waals surface area contributed by atoms with Crippen molar-refractivity contribution in [3.63, 3.8) is 0 Å². The quantitative estimate of drug-likeness (QED) is 0.585. The van der Waals surface area contributed by atoms with Crippen LogP contribution in [0.4, 0.5) is 0 Å². The highest BCUT2D eigenvalue weighted by atomic mass is 35.5. The van der Waals surface area contributed by atoms with Crippen LogP contribution in [0.5, 0.6) is 0 Å². The highest BCUT2D eigenvalue weighted by Crippen LogP contribution is 2.23. The van der Waals surface area contributed by atoms with Gasteiger partial charge in [-0.25, -0.2) is 4.98 Å². The van der Waals surface area contributed by atoms with Crippen LogP contribution in [0.2, 0.25) is 5.02 Å². The predicted octanol–water partition coefficient (Wildman–Crippen LogP) is 3.62. The van der Waals surface area contributed by atoms with Crippen molar-refractivity contribution in [2.75, 3.05) is 6.54 Å². The van der Waals surface area contributed by atoms with Gasteiger partial charge >= 0.3 is 0 Å². The molecule has 3 aromatic heterocycles. The second kappa shape index (κ2) is 7.01. The van der Waals surface area contributed by atoms with E-state index in [1.807, 2.05) is 47.1 Å². The number of hydrogen-bond donors (Lipinski definition) is 1. The van der Waals surface area contributed by atoms with E-state index in [2.05, 4.69) is 15.5 Å². The fourth-order valence-corrected chi connectivity index (χ4v) is 2.85. The van der Waals surface area contributed by atoms with Crippen LogP contribution >= 0.6 is 11.6 Å². The Kier molecular flexibility index (Phi) is 4.41. The summed E-state index contributed by atoms with van der Waals surface area (Å²) < 4.78 is 7.20. The Bertz CT molecular complexity index is 1040. The molecule has 3 heterocycles. The van der Waals surface area contributed by atoms with Crippen molar-refractivity contribution in [1.29, 1.82) is 0 Å². The smallest absolute Gasteiger partial charge is 0.273 e. The molecule has 130 valence electrons. The van der Waals surface area contributed by atoms with E-state index in [0.717, 1.165) is 16.9 Å². The highest BCUT2D eigenvalue weighted by Gasteiger charge is 2.13. The minimum atomic E-state index is -0.286. The number of amides is 1. The largest absolute Gasteiger partial charge is 0.355 e. The Balaban J connectivity index is 1.38. The molecule has 0 spiro atoms. The standard InChI is InChI=1S/C19H15ClN4O2/c20-14-5-3-4-13(10-14)17-11-16(23-26-17)19(25)21-8-7-15-12-24-9-2-1-6-18(24)22-15/h1-6,9-12H,7-8H2,(H,21,25). The van der Waals surface area contributed by atoms with Crippen molar-refractivity contribution in [2.45, 2.75) is 6.42 Å². The van der Waals surface area contributed by atoms with Crippen molar-refractivity contribution < 1.29 is 9.32 Å². The lowest BCUT2D eigenvalue weighted by Crippen LogP contribution is -2.26. The molecule has 1 N–H and O–H groups in total. The van der Waals surface area contributed by atoms with E-state index in [9.17, 15) is 4.79 Å². The van der Waals surface area contributed by atoms with E-state index in [1.54, 1.807) is 18.2 Å². The summed E-state index contributed by atoms with van der Waals surface area (Å²) in [6.45, 7) is 0.460. The van der Waals surface area contributed by atoms with Gasteiger partial charge in [-0.2, -0.15) is 0 Å². The first kappa shape index (κ1) is 16.4. The number of carbonyl (C=O) groups is 1. The third-order valence-corrected chi connectivity index (χ3v) is 4.17. The van der Waals surface area contributed by atoms with Crippen LogP contribution < -0.4 is 5.32 Å². The molecular formula is C19H15ClN4O2. The molecule has 26 heavy (non-hydrogen) atoms. The third kappa shape index (κ3) is 3.45. The van der Waals surface area contributed by atoms with Gasteiger partial charge in [-0.3, -0.25) is 4.79 Å². The lowest BCUT2D eigenvalue weighted by Gasteiger charge is -2.00. The molecule has 0 fully saturated rings. The van der Waals surface area contributed by atoms with E-state index in [-0.39, 0.29) is 11.6 Å². The molecule has 0 radical (unpaired) electrons. The summed E-state index contributed by atoms with van der Waals surface area (Å²) in [5, 5.41) is 7.26. The van der Waals surface area contributed by atoms with Crippen molar-refractivity contribution >= 4 is 23.2 Å². The van der Waals surface area contributed by atoms with Crippen LogP contribution in [0.1, 0.15) is 16.2 Å². The second-order valence-corrected chi connectivity index (χ2v) is 6.23. The van der Waals surface area contributed by atoms with Crippen molar-refractivity contribution in [2.24, 2.45) is 0 Å². The molecule has 0 saturated heterocycles. The summed E-state index contributed by atoms with van der Waals surface area (Å²) in [6.07, 6.45) is 4.53. The highest BCUT2D eigenvalue weighted by molar-refractivity contribution is 6.30. The first-order valence-corrected chi connectivity index (χ1v) is 8.50. The lowest BCUT2D eigenvalue weighted by molar-refractivity contribution is 0.0945. The van der Waals surface area contributed by atoms with Crippen LogP contribution in [-0.4, -0.2) is 27.0 Å². The second-order valence-electron chi connectivity index (χ2n) is 5.79. The molecule has 0 aliphatic carbocycles. The minimum absolute atomic E-state index is 0.231. The summed E-state index contributed by atoms with van der Waals surface area (Å²) in [7, 11) is 0. The number of benzene rings is 1. The molecule has 0 bridgehead atoms. The van der Waals surface area contributed by atoms with Gasteiger partial charge < -0.3 is 14.2 Å². The Hall–Kier alpha value is -3.12. The Morgan fingerprint density at radius 3 is 2.96 bits per heavy atom. The summed E-state index contributed by atoms with van der Waals surface area (Å²) in [5.41, 5.74) is 2.80. The molecule has 0 aliphatic heterocycles. The summed E-state index contributed by atoms with van der Waals surface area (Å²) in [6, 6.07) is 14.6. The van der Waals surface area contributed by atoms with Crippen LogP contribution in [0.25, 0.3) is 17.0 Å². The SMILES string of the molecule is O=C(NCCc1cn2ccccc2n1)c1cc(-c2cccc(Cl)c2)on1. The molecule has 1 amide bonds. The van der Waals surface area contributed by atoms with E-state index in [1.165, 1.54) is 0 Å². The van der Waals surface area contributed by atoms with E-state index in [0.29, 0.717) is 23.7 Å². The van der Waals surface area contributed by atoms with Gasteiger partial charge in [-0.05, 0) is 24.3 Å². The number of aromatic nitrogens is 3. The zero-order valence-electron chi connectivity index (χ0n) is 13.7. The molecule has 0 unspecified atom stereocenters. The average Bonchev–Trinajstić information content (AvgIpc) is 3.28. The van der Waals surface area contributed by atoms with Gasteiger partial charge in [0.2, 0.25) is 0 Å². The van der Waals surface area contributed by atoms with E-state index < -0.39 is 0 Å². The van der Waals surface area contributed by atoms with Gasteiger partial charge in [0.25, 0.3) is 5.91 Å². The van der Waals surface area contributed by atoms with Gasteiger partial charge in [0.15, 0.2) is 11.5 Å². The first-order valence-electron chi connectivity index (χ1n) is 8.12.